The molecule has 0 heterocycles. The first-order chi connectivity index (χ1) is 12.5. The third-order valence-electron chi connectivity index (χ3n) is 4.62. The number of fused-ring (bicyclic) bond motifs is 1. The Morgan fingerprint density at radius 1 is 1.15 bits per heavy atom. The standard InChI is InChI=1S/C21H26N2O3/c1-14(2)26-13-17-9-4-3-8-16(17)12-22-21(25)23-20-18-10-6-5-7-15(18)11-19(20)24/h3-10,14,19-20,24H,11-13H2,1-2H3,(H2,22,23,25)/t19-,20+/m0/s1. The van der Waals surface area contributed by atoms with E-state index in [-0.39, 0.29) is 18.2 Å². The molecule has 1 aliphatic rings. The van der Waals surface area contributed by atoms with E-state index in [1.54, 1.807) is 0 Å². The number of benzene rings is 2. The lowest BCUT2D eigenvalue weighted by atomic mass is 10.1. The number of rotatable bonds is 6. The summed E-state index contributed by atoms with van der Waals surface area (Å²) < 4.78 is 5.67. The molecule has 0 aliphatic heterocycles. The third-order valence-corrected chi connectivity index (χ3v) is 4.62. The molecule has 2 atom stereocenters. The fraction of sp³-hybridized carbons (Fsp3) is 0.381. The van der Waals surface area contributed by atoms with Gasteiger partial charge in [0.25, 0.3) is 0 Å². The van der Waals surface area contributed by atoms with Gasteiger partial charge in [-0.25, -0.2) is 4.79 Å². The summed E-state index contributed by atoms with van der Waals surface area (Å²) in [5.74, 6) is 0. The van der Waals surface area contributed by atoms with Crippen LogP contribution in [-0.4, -0.2) is 23.3 Å². The minimum atomic E-state index is -0.593. The Bertz CT molecular complexity index is 760. The lowest BCUT2D eigenvalue weighted by Gasteiger charge is -2.19. The number of hydrogen-bond acceptors (Lipinski definition) is 3. The van der Waals surface area contributed by atoms with Gasteiger partial charge in [0.15, 0.2) is 0 Å². The van der Waals surface area contributed by atoms with Gasteiger partial charge in [0, 0.05) is 13.0 Å². The Morgan fingerprint density at radius 2 is 1.85 bits per heavy atom. The summed E-state index contributed by atoms with van der Waals surface area (Å²) in [5, 5.41) is 16.0. The van der Waals surface area contributed by atoms with Crippen LogP contribution in [0, 0.1) is 0 Å². The minimum absolute atomic E-state index is 0.156. The topological polar surface area (TPSA) is 70.6 Å². The molecular weight excluding hydrogens is 328 g/mol. The smallest absolute Gasteiger partial charge is 0.315 e. The molecule has 138 valence electrons. The van der Waals surface area contributed by atoms with Crippen LogP contribution in [0.1, 0.15) is 42.1 Å². The van der Waals surface area contributed by atoms with Crippen molar-refractivity contribution in [3.63, 3.8) is 0 Å². The van der Waals surface area contributed by atoms with Crippen LogP contribution in [0.15, 0.2) is 48.5 Å². The Balaban J connectivity index is 1.58. The molecule has 0 saturated heterocycles. The number of carbonyl (C=O) groups excluding carboxylic acids is 1. The molecule has 3 rings (SSSR count). The molecule has 3 N–H and O–H groups in total. The van der Waals surface area contributed by atoms with Crippen molar-refractivity contribution in [1.29, 1.82) is 0 Å². The highest BCUT2D eigenvalue weighted by molar-refractivity contribution is 5.74. The zero-order chi connectivity index (χ0) is 18.5. The maximum absolute atomic E-state index is 12.3. The van der Waals surface area contributed by atoms with E-state index in [0.29, 0.717) is 19.6 Å². The fourth-order valence-corrected chi connectivity index (χ4v) is 3.24. The molecule has 0 unspecified atom stereocenters. The number of aliphatic hydroxyl groups excluding tert-OH is 1. The van der Waals surface area contributed by atoms with Crippen molar-refractivity contribution in [2.75, 3.05) is 0 Å². The van der Waals surface area contributed by atoms with Gasteiger partial charge < -0.3 is 20.5 Å². The van der Waals surface area contributed by atoms with Gasteiger partial charge >= 0.3 is 6.03 Å². The highest BCUT2D eigenvalue weighted by Gasteiger charge is 2.31. The normalized spacial score (nSPS) is 18.6. The largest absolute Gasteiger partial charge is 0.390 e. The monoisotopic (exact) mass is 354 g/mol. The fourth-order valence-electron chi connectivity index (χ4n) is 3.24. The molecule has 5 nitrogen and oxygen atoms in total. The third kappa shape index (κ3) is 4.42. The average Bonchev–Trinajstić information content (AvgIpc) is 2.94. The Labute approximate surface area is 154 Å². The molecule has 26 heavy (non-hydrogen) atoms. The molecule has 0 bridgehead atoms. The molecule has 0 spiro atoms. The highest BCUT2D eigenvalue weighted by atomic mass is 16.5. The summed E-state index contributed by atoms with van der Waals surface area (Å²) in [5.41, 5.74) is 4.16. The van der Waals surface area contributed by atoms with Crippen LogP contribution in [0.2, 0.25) is 0 Å². The second kappa shape index (κ2) is 8.34. The van der Waals surface area contributed by atoms with E-state index in [2.05, 4.69) is 10.6 Å². The first-order valence-electron chi connectivity index (χ1n) is 9.03. The van der Waals surface area contributed by atoms with E-state index in [9.17, 15) is 9.90 Å². The quantitative estimate of drug-likeness (QED) is 0.747. The predicted octanol–water partition coefficient (Wildman–Crippen LogP) is 3.07. The molecule has 0 aromatic heterocycles. The Hall–Kier alpha value is -2.37. The summed E-state index contributed by atoms with van der Waals surface area (Å²) in [4.78, 5) is 12.3. The number of nitrogens with one attached hydrogen (secondary N) is 2. The van der Waals surface area contributed by atoms with Crippen LogP contribution >= 0.6 is 0 Å². The summed E-state index contributed by atoms with van der Waals surface area (Å²) in [6.45, 7) is 4.93. The predicted molar refractivity (Wildman–Crippen MR) is 101 cm³/mol. The molecule has 1 aliphatic carbocycles. The van der Waals surface area contributed by atoms with Crippen molar-refractivity contribution < 1.29 is 14.6 Å². The first kappa shape index (κ1) is 18.4. The summed E-state index contributed by atoms with van der Waals surface area (Å²) in [6, 6.07) is 15.1. The van der Waals surface area contributed by atoms with Crippen LogP contribution < -0.4 is 10.6 Å². The molecule has 5 heteroatoms. The second-order valence-electron chi connectivity index (χ2n) is 6.90. The summed E-state index contributed by atoms with van der Waals surface area (Å²) >= 11 is 0. The van der Waals surface area contributed by atoms with E-state index in [0.717, 1.165) is 22.3 Å². The lowest BCUT2D eigenvalue weighted by Crippen LogP contribution is -2.40. The van der Waals surface area contributed by atoms with E-state index < -0.39 is 6.10 Å². The van der Waals surface area contributed by atoms with Gasteiger partial charge in [0.2, 0.25) is 0 Å². The number of hydrogen-bond donors (Lipinski definition) is 3. The van der Waals surface area contributed by atoms with Gasteiger partial charge in [-0.3, -0.25) is 0 Å². The van der Waals surface area contributed by atoms with Gasteiger partial charge in [0.1, 0.15) is 0 Å². The summed E-state index contributed by atoms with van der Waals surface area (Å²) in [7, 11) is 0. The maximum atomic E-state index is 12.3. The molecule has 0 fully saturated rings. The van der Waals surface area contributed by atoms with Gasteiger partial charge in [-0.15, -0.1) is 0 Å². The summed E-state index contributed by atoms with van der Waals surface area (Å²) in [6.07, 6.45) is 0.129. The average molecular weight is 354 g/mol. The highest BCUT2D eigenvalue weighted by Crippen LogP contribution is 2.31. The Kier molecular flexibility index (Phi) is 5.91. The van der Waals surface area contributed by atoms with Crippen molar-refractivity contribution in [3.8, 4) is 0 Å². The van der Waals surface area contributed by atoms with Gasteiger partial charge in [-0.05, 0) is 36.1 Å². The first-order valence-corrected chi connectivity index (χ1v) is 9.03. The van der Waals surface area contributed by atoms with Crippen molar-refractivity contribution >= 4 is 6.03 Å². The number of amides is 2. The second-order valence-corrected chi connectivity index (χ2v) is 6.90. The van der Waals surface area contributed by atoms with Crippen molar-refractivity contribution in [1.82, 2.24) is 10.6 Å². The van der Waals surface area contributed by atoms with Crippen LogP contribution in [0.25, 0.3) is 0 Å². The van der Waals surface area contributed by atoms with Gasteiger partial charge in [-0.1, -0.05) is 48.5 Å². The van der Waals surface area contributed by atoms with Crippen LogP contribution in [-0.2, 0) is 24.3 Å². The number of carbonyl (C=O) groups is 1. The minimum Gasteiger partial charge on any atom is -0.390 e. The van der Waals surface area contributed by atoms with Crippen LogP contribution in [0.3, 0.4) is 0 Å². The Morgan fingerprint density at radius 3 is 2.62 bits per heavy atom. The van der Waals surface area contributed by atoms with E-state index in [4.69, 9.17) is 4.74 Å². The number of urea groups is 1. The molecule has 2 aromatic rings. The molecule has 2 amide bonds. The van der Waals surface area contributed by atoms with Crippen LogP contribution in [0.4, 0.5) is 4.79 Å². The molecule has 0 radical (unpaired) electrons. The van der Waals surface area contributed by atoms with Crippen molar-refractivity contribution in [3.05, 3.63) is 70.8 Å². The van der Waals surface area contributed by atoms with E-state index in [1.807, 2.05) is 62.4 Å². The van der Waals surface area contributed by atoms with Crippen LogP contribution in [0.5, 0.6) is 0 Å². The number of aliphatic hydroxyl groups is 1. The SMILES string of the molecule is CC(C)OCc1ccccc1CNC(=O)N[C@@H]1c2ccccc2C[C@@H]1O. The lowest BCUT2D eigenvalue weighted by molar-refractivity contribution is 0.0652. The number of ether oxygens (including phenoxy) is 1. The van der Waals surface area contributed by atoms with Gasteiger partial charge in [0.05, 0.1) is 24.9 Å². The molecule has 2 aromatic carbocycles. The molecule has 0 saturated carbocycles. The van der Waals surface area contributed by atoms with E-state index in [1.165, 1.54) is 0 Å². The van der Waals surface area contributed by atoms with Crippen molar-refractivity contribution in [2.45, 2.75) is 51.7 Å². The van der Waals surface area contributed by atoms with Gasteiger partial charge in [-0.2, -0.15) is 0 Å². The van der Waals surface area contributed by atoms with Crippen molar-refractivity contribution in [2.24, 2.45) is 0 Å². The maximum Gasteiger partial charge on any atom is 0.315 e. The molecular formula is C21H26N2O3. The zero-order valence-electron chi connectivity index (χ0n) is 15.2. The zero-order valence-corrected chi connectivity index (χ0v) is 15.2. The van der Waals surface area contributed by atoms with E-state index >= 15 is 0 Å².